The summed E-state index contributed by atoms with van der Waals surface area (Å²) in [7, 11) is 0. The van der Waals surface area contributed by atoms with Crippen LogP contribution in [0.1, 0.15) is 47.5 Å². The summed E-state index contributed by atoms with van der Waals surface area (Å²) in [6.07, 6.45) is 2.94. The summed E-state index contributed by atoms with van der Waals surface area (Å²) < 4.78 is 5.23. The van der Waals surface area contributed by atoms with E-state index < -0.39 is 23.5 Å². The van der Waals surface area contributed by atoms with Gasteiger partial charge >= 0.3 is 0 Å². The quantitative estimate of drug-likeness (QED) is 0.647. The standard InChI is InChI=1S/C23H20N2O4/c1-14(2)15-8-10-16(11-9-15)20-19(21(26)17-6-5-13-29-17)22(27)23(28)25(20)18-7-3-4-12-24-18/h3-14,20,27H,1-2H3/t20-/m0/s1. The molecule has 0 radical (unpaired) electrons. The summed E-state index contributed by atoms with van der Waals surface area (Å²) in [5.74, 6) is -1.03. The van der Waals surface area contributed by atoms with Crippen LogP contribution in [-0.4, -0.2) is 21.8 Å². The number of carbonyl (C=O) groups is 2. The van der Waals surface area contributed by atoms with E-state index in [1.807, 2.05) is 24.3 Å². The Morgan fingerprint density at radius 1 is 1.10 bits per heavy atom. The Kier molecular flexibility index (Phi) is 4.76. The van der Waals surface area contributed by atoms with Gasteiger partial charge < -0.3 is 9.52 Å². The van der Waals surface area contributed by atoms with Crippen molar-refractivity contribution < 1.29 is 19.1 Å². The maximum atomic E-state index is 13.1. The highest BCUT2D eigenvalue weighted by Gasteiger charge is 2.45. The van der Waals surface area contributed by atoms with Gasteiger partial charge in [-0.25, -0.2) is 4.98 Å². The number of hydrogen-bond donors (Lipinski definition) is 1. The van der Waals surface area contributed by atoms with Gasteiger partial charge in [-0.05, 0) is 41.3 Å². The van der Waals surface area contributed by atoms with E-state index in [4.69, 9.17) is 4.42 Å². The lowest BCUT2D eigenvalue weighted by Gasteiger charge is -2.26. The number of Topliss-reactive ketones (excluding diaryl/α,β-unsaturated/α-hetero) is 1. The van der Waals surface area contributed by atoms with Crippen LogP contribution in [0.5, 0.6) is 0 Å². The monoisotopic (exact) mass is 388 g/mol. The van der Waals surface area contributed by atoms with Gasteiger partial charge in [-0.15, -0.1) is 0 Å². The topological polar surface area (TPSA) is 83.6 Å². The normalized spacial score (nSPS) is 16.7. The minimum Gasteiger partial charge on any atom is -0.503 e. The molecule has 1 aliphatic heterocycles. The first-order valence-electron chi connectivity index (χ1n) is 9.35. The molecule has 1 aromatic carbocycles. The number of furan rings is 1. The molecule has 4 rings (SSSR count). The number of amides is 1. The Morgan fingerprint density at radius 2 is 1.86 bits per heavy atom. The van der Waals surface area contributed by atoms with Gasteiger partial charge in [-0.2, -0.15) is 0 Å². The fourth-order valence-corrected chi connectivity index (χ4v) is 3.49. The van der Waals surface area contributed by atoms with Crippen molar-refractivity contribution in [2.24, 2.45) is 0 Å². The van der Waals surface area contributed by atoms with Crippen molar-refractivity contribution in [1.82, 2.24) is 4.98 Å². The van der Waals surface area contributed by atoms with E-state index in [2.05, 4.69) is 18.8 Å². The van der Waals surface area contributed by atoms with Gasteiger partial charge in [-0.3, -0.25) is 14.5 Å². The van der Waals surface area contributed by atoms with Crippen LogP contribution in [0.15, 0.2) is 82.8 Å². The molecule has 0 bridgehead atoms. The first-order valence-corrected chi connectivity index (χ1v) is 9.35. The van der Waals surface area contributed by atoms with Gasteiger partial charge in [0.05, 0.1) is 17.9 Å². The van der Waals surface area contributed by atoms with Gasteiger partial charge in [-0.1, -0.05) is 44.2 Å². The molecule has 6 nitrogen and oxygen atoms in total. The zero-order valence-electron chi connectivity index (χ0n) is 16.1. The number of aliphatic hydroxyl groups is 1. The second kappa shape index (κ2) is 7.39. The van der Waals surface area contributed by atoms with Gasteiger partial charge in [0.15, 0.2) is 11.5 Å². The summed E-state index contributed by atoms with van der Waals surface area (Å²) in [4.78, 5) is 31.6. The fraction of sp³-hybridized carbons (Fsp3) is 0.174. The lowest BCUT2D eigenvalue weighted by molar-refractivity contribution is -0.117. The van der Waals surface area contributed by atoms with Crippen molar-refractivity contribution >= 4 is 17.5 Å². The molecule has 0 aliphatic carbocycles. The number of anilines is 1. The van der Waals surface area contributed by atoms with Crippen molar-refractivity contribution in [2.45, 2.75) is 25.8 Å². The predicted molar refractivity (Wildman–Crippen MR) is 108 cm³/mol. The summed E-state index contributed by atoms with van der Waals surface area (Å²) in [6, 6.07) is 15.1. The number of aliphatic hydroxyl groups excluding tert-OH is 1. The summed E-state index contributed by atoms with van der Waals surface area (Å²) in [5, 5.41) is 10.6. The zero-order chi connectivity index (χ0) is 20.5. The van der Waals surface area contributed by atoms with Crippen LogP contribution < -0.4 is 4.90 Å². The first-order chi connectivity index (χ1) is 14.0. The van der Waals surface area contributed by atoms with Crippen molar-refractivity contribution in [3.8, 4) is 0 Å². The third-order valence-corrected chi connectivity index (χ3v) is 5.01. The van der Waals surface area contributed by atoms with Gasteiger partial charge in [0.1, 0.15) is 5.82 Å². The molecule has 1 aliphatic rings. The Labute approximate surface area is 168 Å². The molecule has 0 unspecified atom stereocenters. The third kappa shape index (κ3) is 3.23. The number of hydrogen-bond acceptors (Lipinski definition) is 5. The Bertz CT molecular complexity index is 1070. The summed E-state index contributed by atoms with van der Waals surface area (Å²) in [5.41, 5.74) is 1.81. The van der Waals surface area contributed by atoms with Crippen LogP contribution in [0, 0.1) is 0 Å². The van der Waals surface area contributed by atoms with Crippen LogP contribution in [0.4, 0.5) is 5.82 Å². The molecule has 0 spiro atoms. The van der Waals surface area contributed by atoms with E-state index in [0.29, 0.717) is 17.3 Å². The molecule has 0 saturated heterocycles. The molecular formula is C23H20N2O4. The molecule has 6 heteroatoms. The van der Waals surface area contributed by atoms with E-state index in [1.54, 1.807) is 30.5 Å². The van der Waals surface area contributed by atoms with Crippen LogP contribution in [0.3, 0.4) is 0 Å². The fourth-order valence-electron chi connectivity index (χ4n) is 3.49. The third-order valence-electron chi connectivity index (χ3n) is 5.01. The molecule has 1 amide bonds. The zero-order valence-corrected chi connectivity index (χ0v) is 16.1. The molecule has 1 atom stereocenters. The second-order valence-corrected chi connectivity index (χ2v) is 7.16. The lowest BCUT2D eigenvalue weighted by atomic mass is 9.93. The number of rotatable bonds is 5. The average Bonchev–Trinajstić information content (AvgIpc) is 3.36. The van der Waals surface area contributed by atoms with Crippen LogP contribution >= 0.6 is 0 Å². The molecule has 0 saturated carbocycles. The molecule has 1 N–H and O–H groups in total. The van der Waals surface area contributed by atoms with E-state index in [0.717, 1.165) is 5.56 Å². The number of nitrogens with zero attached hydrogens (tertiary/aromatic N) is 2. The van der Waals surface area contributed by atoms with Crippen LogP contribution in [0.25, 0.3) is 0 Å². The SMILES string of the molecule is CC(C)c1ccc([C@H]2C(C(=O)c3ccco3)=C(O)C(=O)N2c2ccccn2)cc1. The number of benzene rings is 1. The number of ketones is 1. The Balaban J connectivity index is 1.86. The Hall–Kier alpha value is -3.67. The van der Waals surface area contributed by atoms with Crippen LogP contribution in [-0.2, 0) is 4.79 Å². The van der Waals surface area contributed by atoms with E-state index >= 15 is 0 Å². The van der Waals surface area contributed by atoms with Gasteiger partial charge in [0.25, 0.3) is 5.91 Å². The average molecular weight is 388 g/mol. The molecule has 3 aromatic rings. The second-order valence-electron chi connectivity index (χ2n) is 7.16. The molecular weight excluding hydrogens is 368 g/mol. The van der Waals surface area contributed by atoms with Crippen molar-refractivity contribution in [3.63, 3.8) is 0 Å². The molecule has 3 heterocycles. The summed E-state index contributed by atoms with van der Waals surface area (Å²) in [6.45, 7) is 4.18. The molecule has 146 valence electrons. The number of carbonyl (C=O) groups excluding carboxylic acids is 2. The highest BCUT2D eigenvalue weighted by molar-refractivity contribution is 6.19. The number of aromatic nitrogens is 1. The smallest absolute Gasteiger partial charge is 0.295 e. The molecule has 2 aromatic heterocycles. The van der Waals surface area contributed by atoms with Gasteiger partial charge in [0.2, 0.25) is 5.78 Å². The highest BCUT2D eigenvalue weighted by atomic mass is 16.3. The van der Waals surface area contributed by atoms with Crippen molar-refractivity contribution in [1.29, 1.82) is 0 Å². The van der Waals surface area contributed by atoms with E-state index in [-0.39, 0.29) is 11.3 Å². The maximum Gasteiger partial charge on any atom is 0.295 e. The Morgan fingerprint density at radius 3 is 2.45 bits per heavy atom. The maximum absolute atomic E-state index is 13.1. The van der Waals surface area contributed by atoms with Crippen LogP contribution in [0.2, 0.25) is 0 Å². The van der Waals surface area contributed by atoms with E-state index in [9.17, 15) is 14.7 Å². The number of pyridine rings is 1. The molecule has 0 fully saturated rings. The minimum atomic E-state index is -0.809. The molecule has 29 heavy (non-hydrogen) atoms. The summed E-state index contributed by atoms with van der Waals surface area (Å²) >= 11 is 0. The van der Waals surface area contributed by atoms with Crippen molar-refractivity contribution in [3.05, 3.63) is 95.3 Å². The lowest BCUT2D eigenvalue weighted by Crippen LogP contribution is -2.31. The largest absolute Gasteiger partial charge is 0.503 e. The predicted octanol–water partition coefficient (Wildman–Crippen LogP) is 4.58. The van der Waals surface area contributed by atoms with Crippen molar-refractivity contribution in [2.75, 3.05) is 4.90 Å². The van der Waals surface area contributed by atoms with Gasteiger partial charge in [0, 0.05) is 6.20 Å². The van der Waals surface area contributed by atoms with E-state index in [1.165, 1.54) is 17.2 Å². The highest BCUT2D eigenvalue weighted by Crippen LogP contribution is 2.41. The minimum absolute atomic E-state index is 0.0205. The first kappa shape index (κ1) is 18.7.